The molecule has 0 aliphatic rings. The zero-order valence-corrected chi connectivity index (χ0v) is 72.2. The number of nitrogens with two attached hydrogens (primary N) is 2. The van der Waals surface area contributed by atoms with Gasteiger partial charge in [0, 0.05) is 108 Å². The van der Waals surface area contributed by atoms with Crippen LogP contribution in [0.4, 0.5) is 28.7 Å². The number of H-pyrrole nitrogens is 4. The van der Waals surface area contributed by atoms with Crippen LogP contribution in [0.3, 0.4) is 0 Å². The fourth-order valence-electron chi connectivity index (χ4n) is 8.96. The van der Waals surface area contributed by atoms with Gasteiger partial charge in [-0.1, -0.05) is 48.8 Å². The van der Waals surface area contributed by atoms with Gasteiger partial charge < -0.3 is 75.7 Å². The number of rotatable bonds is 17. The van der Waals surface area contributed by atoms with E-state index >= 15 is 0 Å². The molecule has 3 atom stereocenters. The summed E-state index contributed by atoms with van der Waals surface area (Å²) >= 11 is 23.0. The number of alkyl halides is 1. The standard InChI is InChI=1S/C16H18N4O.C15H16N4O.C9H17NO.C8H11NO.C7H6ClN3.C7H7N3O.C5H11BrO.C4H7N.C2H6N2.2CO2.CH4.Cl3OP.ClH/c1-11-17-15-14(9-10-19(15)2)16(18-11)20(3)12-5-7-13(21-4)8-6-12;1-10-17-14-13(8-9-16-14)15(18-10)19(2)11-4-6-12(20-3)7-5-11;1-4-9(7-10)6-8(3)11-5-2;1-9-7-3-5-8(10-2)6-4-7;1-4-10-6(8)5-2-3-9-7(5)11-4;1-4-9-6-5(2-3-8-6)7(11)10-4;1-3-7-5(2)4-6;1-2-3-4-5;1-2(3)4;2*2-1-3;;1-5(2,3)4;/h5-10H,1-4H3;4-9H,1-3H3,(H,16,17,18);8-9H,4-6H2,1-3H3;3-6,9H,1-2H3;2-3H,1H3,(H,9,10,11);2-3H,1H3,(H2,8,9,10,11);5H,3-4H2,1-2H3;2-3H2,1H3;1H3,(H3,3,4);;;1H4;;1H. The first-order valence-corrected chi connectivity index (χ1v) is 39.9. The number of nitrogens with zero attached hydrogens (tertiary/aromatic N) is 12. The topological polar surface area (TPSA) is 425 Å². The Morgan fingerprint density at radius 3 is 1.42 bits per heavy atom. The Kier molecular flexibility index (Phi) is 57.5. The highest BCUT2D eigenvalue weighted by molar-refractivity contribution is 9.09. The summed E-state index contributed by atoms with van der Waals surface area (Å²) in [6.45, 7) is 22.6. The second-order valence-electron chi connectivity index (χ2n) is 22.7. The first-order chi connectivity index (χ1) is 52.7. The van der Waals surface area contributed by atoms with E-state index in [0.717, 1.165) is 129 Å². The van der Waals surface area contributed by atoms with Crippen LogP contribution >= 0.6 is 66.5 Å². The van der Waals surface area contributed by atoms with Crippen molar-refractivity contribution in [2.24, 2.45) is 18.7 Å². The first-order valence-electron chi connectivity index (χ1n) is 34.0. The smallest absolute Gasteiger partial charge is 0.373 e. The van der Waals surface area contributed by atoms with Crippen molar-refractivity contribution in [3.8, 4) is 29.4 Å². The van der Waals surface area contributed by atoms with Crippen molar-refractivity contribution in [1.29, 1.82) is 10.5 Å². The van der Waals surface area contributed by atoms with Crippen molar-refractivity contribution >= 4 is 157 Å². The lowest BCUT2D eigenvalue weighted by Crippen LogP contribution is -3.00. The number of nitriles is 2. The van der Waals surface area contributed by atoms with Crippen molar-refractivity contribution < 1.29 is 65.2 Å². The Morgan fingerprint density at radius 1 is 0.655 bits per heavy atom. The van der Waals surface area contributed by atoms with Crippen molar-refractivity contribution in [2.45, 2.75) is 121 Å². The average Bonchev–Trinajstić information content (AvgIpc) is 1.69. The molecular formula is C76H104BrCl5N19O11P. The minimum absolute atomic E-state index is 0. The molecule has 8 aromatic heterocycles. The van der Waals surface area contributed by atoms with Gasteiger partial charge in [-0.25, -0.2) is 34.9 Å². The molecule has 0 aliphatic heterocycles. The molecule has 8 heterocycles. The van der Waals surface area contributed by atoms with E-state index in [9.17, 15) is 9.36 Å². The number of hydrogen-bond donors (Lipinski definition) is 7. The quantitative estimate of drug-likeness (QED) is 0.0146. The number of benzene rings is 3. The summed E-state index contributed by atoms with van der Waals surface area (Å²) in [6, 6.07) is 35.5. The molecule has 0 bridgehead atoms. The van der Waals surface area contributed by atoms with E-state index in [1.807, 2.05) is 209 Å². The second-order valence-corrected chi connectivity index (χ2v) is 30.3. The van der Waals surface area contributed by atoms with E-state index in [-0.39, 0.29) is 49.7 Å². The molecule has 30 nitrogen and oxygen atoms in total. The lowest BCUT2D eigenvalue weighted by Gasteiger charge is -2.20. The largest absolute Gasteiger partial charge is 1.00 e. The fraction of sp³-hybridized carbons (Fsp3) is 0.382. The molecule has 3 aromatic carbocycles. The lowest BCUT2D eigenvalue weighted by molar-refractivity contribution is -0.193. The van der Waals surface area contributed by atoms with Crippen molar-refractivity contribution in [2.75, 3.05) is 76.1 Å². The normalized spacial score (nSPS) is 10.3. The van der Waals surface area contributed by atoms with Crippen molar-refractivity contribution in [3.63, 3.8) is 0 Å². The third-order valence-corrected chi connectivity index (χ3v) is 15.3. The summed E-state index contributed by atoms with van der Waals surface area (Å²) in [7, 11) is 12.9. The van der Waals surface area contributed by atoms with Crippen molar-refractivity contribution in [1.82, 2.24) is 59.4 Å². The van der Waals surface area contributed by atoms with E-state index in [2.05, 4.69) is 121 Å². The number of carbonyl (C=O) groups excluding carboxylic acids is 4. The van der Waals surface area contributed by atoms with E-state index in [0.29, 0.717) is 46.2 Å². The highest BCUT2D eigenvalue weighted by Crippen LogP contribution is 2.61. The number of anilines is 5. The van der Waals surface area contributed by atoms with Gasteiger partial charge in [0.1, 0.15) is 79.9 Å². The molecule has 3 unspecified atom stereocenters. The molecule has 0 aliphatic carbocycles. The predicted molar refractivity (Wildman–Crippen MR) is 451 cm³/mol. The second kappa shape index (κ2) is 60.7. The highest BCUT2D eigenvalue weighted by Gasteiger charge is 2.16. The molecule has 113 heavy (non-hydrogen) atoms. The maximum absolute atomic E-state index is 11.1. The van der Waals surface area contributed by atoms with Gasteiger partial charge in [0.15, 0.2) is 0 Å². The number of halogens is 6. The number of methoxy groups -OCH3 is 3. The summed E-state index contributed by atoms with van der Waals surface area (Å²) in [5, 5.41) is 26.0. The monoisotopic (exact) mass is 1740 g/mol. The number of nitrogens with one attached hydrogen (secondary N) is 5. The van der Waals surface area contributed by atoms with Gasteiger partial charge in [-0.3, -0.25) is 20.5 Å². The van der Waals surface area contributed by atoms with Crippen LogP contribution in [0.2, 0.25) is 5.15 Å². The van der Waals surface area contributed by atoms with Gasteiger partial charge in [-0.05, 0) is 205 Å². The molecule has 11 rings (SSSR count). The van der Waals surface area contributed by atoms with Gasteiger partial charge in [-0.2, -0.15) is 29.7 Å². The van der Waals surface area contributed by atoms with Crippen LogP contribution in [0.15, 0.2) is 127 Å². The number of aryl methyl sites for hydroxylation is 5. The molecule has 0 saturated carbocycles. The highest BCUT2D eigenvalue weighted by atomic mass is 79.9. The summed E-state index contributed by atoms with van der Waals surface area (Å²) < 4.78 is 37.4. The number of fused-ring (bicyclic) bond motifs is 4. The summed E-state index contributed by atoms with van der Waals surface area (Å²) in [5.74, 6) is 7.77. The maximum Gasteiger partial charge on any atom is 0.373 e. The van der Waals surface area contributed by atoms with E-state index < -0.39 is 5.20 Å². The summed E-state index contributed by atoms with van der Waals surface area (Å²) in [5.41, 5.74) is 11.2. The van der Waals surface area contributed by atoms with Crippen LogP contribution in [0, 0.1) is 56.3 Å². The molecule has 11 aromatic rings. The molecule has 0 fully saturated rings. The molecule has 9 N–H and O–H groups in total. The number of amidine groups is 1. The first kappa shape index (κ1) is 107. The van der Waals surface area contributed by atoms with E-state index in [1.165, 1.54) is 0 Å². The Labute approximate surface area is 694 Å². The molecule has 0 amide bonds. The van der Waals surface area contributed by atoms with Crippen LogP contribution in [-0.4, -0.2) is 151 Å². The summed E-state index contributed by atoms with van der Waals surface area (Å²) in [4.78, 5) is 89.6. The Hall–Kier alpha value is -9.97. The number of aromatic nitrogens is 12. The third-order valence-electron chi connectivity index (χ3n) is 14.1. The zero-order valence-electron chi connectivity index (χ0n) is 66.0. The number of aromatic amines is 4. The fourth-order valence-corrected chi connectivity index (χ4v) is 9.42. The zero-order chi connectivity index (χ0) is 84.2. The van der Waals surface area contributed by atoms with Gasteiger partial charge in [0.25, 0.3) is 5.56 Å². The minimum Gasteiger partial charge on any atom is -1.00 e. The third kappa shape index (κ3) is 43.6. The van der Waals surface area contributed by atoms with Gasteiger partial charge >= 0.3 is 17.5 Å². The molecule has 37 heteroatoms. The van der Waals surface area contributed by atoms with Crippen LogP contribution in [0.5, 0.6) is 17.2 Å². The Balaban J connectivity index is -0.00000122. The van der Waals surface area contributed by atoms with E-state index in [1.54, 1.807) is 53.6 Å². The molecular weight excluding hydrogens is 1640 g/mol. The summed E-state index contributed by atoms with van der Waals surface area (Å²) in [6.07, 6.45) is 11.9. The van der Waals surface area contributed by atoms with E-state index in [4.69, 9.17) is 76.1 Å². The molecule has 0 spiro atoms. The maximum atomic E-state index is 11.1. The van der Waals surface area contributed by atoms with Gasteiger partial charge in [0.2, 0.25) is 5.84 Å². The number of ether oxygens (including phenoxy) is 5. The van der Waals surface area contributed by atoms with Crippen molar-refractivity contribution in [3.05, 3.63) is 161 Å². The number of hydrogen-bond acceptors (Lipinski definition) is 23. The Bertz CT molecular complexity index is 4690. The lowest BCUT2D eigenvalue weighted by atomic mass is 10.0. The van der Waals surface area contributed by atoms with Gasteiger partial charge in [-0.15, -0.1) is 0 Å². The predicted octanol–water partition coefficient (Wildman–Crippen LogP) is 13.2. The van der Waals surface area contributed by atoms with Crippen LogP contribution in [-0.2, 0) is 40.3 Å². The van der Waals surface area contributed by atoms with Gasteiger partial charge in [0.05, 0.1) is 67.2 Å². The van der Waals surface area contributed by atoms with Crippen LogP contribution < -0.4 is 58.4 Å². The van der Waals surface area contributed by atoms with Crippen LogP contribution in [0.25, 0.3) is 44.1 Å². The average molecular weight is 1750 g/mol. The molecule has 0 radical (unpaired) electrons. The number of unbranched alkanes of at least 4 members (excludes halogenated alkanes) is 1. The SMILES string of the molecule is C.CC(N)=[NH2+].CCCC#N.CCOC(C)CBr.CCOC(C)CC(C#N)CC.CNc1ccc(OC)cc1.COc1ccc(N(C)c2nc(C)nc3[nH]ccc23)cc1.COc1ccc(N(C)c2nc(C)nc3c2ccn3C)cc1.Cc1nc(Cl)c2cc[nH]c2n1.Cc1nc2[nH]ccc2c(=O)[nH]1.O=C=O.O=C=O.O=P(Cl)(Cl)Cl.[Cl-]. The molecule has 0 saturated heterocycles. The molecule has 616 valence electrons. The Morgan fingerprint density at radius 2 is 1.04 bits per heavy atom. The van der Waals surface area contributed by atoms with Crippen LogP contribution in [0.1, 0.15) is 105 Å². The minimum atomic E-state index is -3.22.